The van der Waals surface area contributed by atoms with E-state index >= 15 is 0 Å². The highest BCUT2D eigenvalue weighted by Gasteiger charge is 2.61. The number of allylic oxidation sites excluding steroid dienone is 2. The van der Waals surface area contributed by atoms with Crippen molar-refractivity contribution in [2.75, 3.05) is 5.32 Å². The first-order valence-electron chi connectivity index (χ1n) is 10.6. The summed E-state index contributed by atoms with van der Waals surface area (Å²) < 4.78 is 5.28. The second-order valence-corrected chi connectivity index (χ2v) is 8.56. The van der Waals surface area contributed by atoms with Gasteiger partial charge in [0.05, 0.1) is 29.2 Å². The van der Waals surface area contributed by atoms with Crippen LogP contribution in [0.2, 0.25) is 0 Å². The molecule has 5 unspecified atom stereocenters. The van der Waals surface area contributed by atoms with Crippen molar-refractivity contribution in [3.05, 3.63) is 74.5 Å². The molecule has 2 aliphatic carbocycles. The monoisotopic (exact) mass is 466 g/mol. The van der Waals surface area contributed by atoms with Crippen LogP contribution in [0.4, 0.5) is 17.3 Å². The topological polar surface area (TPSA) is 166 Å². The summed E-state index contributed by atoms with van der Waals surface area (Å²) in [5.41, 5.74) is -0.0710. The van der Waals surface area contributed by atoms with E-state index in [9.17, 15) is 34.6 Å². The smallest absolute Gasteiger partial charge is 0.404 e. The second-order valence-electron chi connectivity index (χ2n) is 8.56. The van der Waals surface area contributed by atoms with Gasteiger partial charge in [0.25, 0.3) is 5.69 Å². The van der Waals surface area contributed by atoms with Gasteiger partial charge in [0.1, 0.15) is 16.7 Å². The molecule has 2 fully saturated rings. The van der Waals surface area contributed by atoms with Gasteiger partial charge in [0, 0.05) is 17.8 Å². The number of likely N-dealkylation sites (tertiary alicyclic amines) is 1. The molecule has 12 heteroatoms. The maximum atomic E-state index is 13.3. The highest BCUT2D eigenvalue weighted by molar-refractivity contribution is 6.07. The normalized spacial score (nSPS) is 25.5. The highest BCUT2D eigenvalue weighted by Crippen LogP contribution is 2.54. The minimum atomic E-state index is -1.20. The molecule has 34 heavy (non-hydrogen) atoms. The molecule has 2 aromatic rings. The average Bonchev–Trinajstić information content (AvgIpc) is 3.57. The van der Waals surface area contributed by atoms with E-state index in [1.807, 2.05) is 12.2 Å². The molecule has 1 saturated carbocycles. The summed E-state index contributed by atoms with van der Waals surface area (Å²) in [5, 5.41) is 24.6. The van der Waals surface area contributed by atoms with Crippen LogP contribution in [0.15, 0.2) is 53.0 Å². The van der Waals surface area contributed by atoms with E-state index in [1.54, 1.807) is 0 Å². The van der Waals surface area contributed by atoms with E-state index in [-0.39, 0.29) is 29.0 Å². The largest absolute Gasteiger partial charge is 0.433 e. The molecule has 3 amide bonds. The Morgan fingerprint density at radius 1 is 1.06 bits per heavy atom. The van der Waals surface area contributed by atoms with E-state index in [4.69, 9.17) is 4.42 Å². The van der Waals surface area contributed by atoms with Gasteiger partial charge in [-0.2, -0.15) is 0 Å². The van der Waals surface area contributed by atoms with Crippen LogP contribution in [0.25, 0.3) is 0 Å². The summed E-state index contributed by atoms with van der Waals surface area (Å²) in [6, 6.07) is 6.46. The first-order valence-corrected chi connectivity index (χ1v) is 10.6. The molecule has 1 saturated heterocycles. The van der Waals surface area contributed by atoms with Crippen molar-refractivity contribution in [2.24, 2.45) is 23.7 Å². The number of nitrogens with zero attached hydrogens (tertiary/aromatic N) is 3. The molecular formula is C22H18N4O8. The van der Waals surface area contributed by atoms with Crippen LogP contribution in [0.5, 0.6) is 0 Å². The highest BCUT2D eigenvalue weighted by atomic mass is 16.6. The number of non-ortho nitro benzene ring substituents is 1. The molecule has 1 aromatic carbocycles. The average molecular weight is 466 g/mol. The van der Waals surface area contributed by atoms with Gasteiger partial charge in [-0.15, -0.1) is 0 Å². The van der Waals surface area contributed by atoms with E-state index in [2.05, 4.69) is 5.32 Å². The first-order chi connectivity index (χ1) is 16.2. The number of rotatable bonds is 7. The predicted octanol–water partition coefficient (Wildman–Crippen LogP) is 2.97. The Bertz CT molecular complexity index is 1240. The number of imide groups is 1. The second kappa shape index (κ2) is 7.90. The van der Waals surface area contributed by atoms with Crippen LogP contribution < -0.4 is 5.32 Å². The summed E-state index contributed by atoms with van der Waals surface area (Å²) in [5.74, 6) is -3.31. The van der Waals surface area contributed by atoms with Crippen molar-refractivity contribution in [1.82, 2.24) is 4.90 Å². The van der Waals surface area contributed by atoms with E-state index in [1.165, 1.54) is 30.3 Å². The first kappa shape index (κ1) is 21.5. The quantitative estimate of drug-likeness (QED) is 0.281. The molecule has 1 aromatic heterocycles. The number of anilines is 1. The number of hydrogen-bond donors (Lipinski definition) is 1. The number of nitrogens with one attached hydrogen (secondary N) is 1. The maximum Gasteiger partial charge on any atom is 0.433 e. The number of nitro groups is 2. The number of hydrogen-bond acceptors (Lipinski definition) is 8. The molecule has 2 bridgehead atoms. The Morgan fingerprint density at radius 3 is 2.32 bits per heavy atom. The van der Waals surface area contributed by atoms with Crippen LogP contribution >= 0.6 is 0 Å². The third-order valence-corrected chi connectivity index (χ3v) is 6.66. The van der Waals surface area contributed by atoms with Gasteiger partial charge in [0.2, 0.25) is 17.7 Å². The molecule has 0 radical (unpaired) electrons. The van der Waals surface area contributed by atoms with E-state index in [0.717, 1.165) is 17.4 Å². The minimum absolute atomic E-state index is 0.0540. The van der Waals surface area contributed by atoms with Gasteiger partial charge >= 0.3 is 5.88 Å². The van der Waals surface area contributed by atoms with Crippen molar-refractivity contribution in [2.45, 2.75) is 18.9 Å². The van der Waals surface area contributed by atoms with Gasteiger partial charge in [-0.3, -0.25) is 39.5 Å². The lowest BCUT2D eigenvalue weighted by Gasteiger charge is -2.25. The Morgan fingerprint density at radius 2 is 1.74 bits per heavy atom. The lowest BCUT2D eigenvalue weighted by molar-refractivity contribution is -0.402. The molecule has 5 rings (SSSR count). The summed E-state index contributed by atoms with van der Waals surface area (Å²) in [6.07, 6.45) is 4.16. The number of amides is 3. The van der Waals surface area contributed by atoms with Crippen LogP contribution in [-0.4, -0.2) is 32.5 Å². The zero-order valence-corrected chi connectivity index (χ0v) is 17.5. The number of fused-ring (bicyclic) bond motifs is 5. The fourth-order valence-electron chi connectivity index (χ4n) is 5.26. The van der Waals surface area contributed by atoms with E-state index in [0.29, 0.717) is 0 Å². The Labute approximate surface area is 191 Å². The van der Waals surface area contributed by atoms with Crippen molar-refractivity contribution in [1.29, 1.82) is 0 Å². The predicted molar refractivity (Wildman–Crippen MR) is 114 cm³/mol. The van der Waals surface area contributed by atoms with Crippen LogP contribution in [0.3, 0.4) is 0 Å². The molecule has 0 spiro atoms. The number of furan rings is 1. The summed E-state index contributed by atoms with van der Waals surface area (Å²) in [7, 11) is 0. The van der Waals surface area contributed by atoms with Gasteiger partial charge in [-0.1, -0.05) is 18.2 Å². The van der Waals surface area contributed by atoms with Gasteiger partial charge in [0.15, 0.2) is 0 Å². The molecule has 1 aliphatic heterocycles. The molecule has 12 nitrogen and oxygen atoms in total. The number of benzene rings is 1. The van der Waals surface area contributed by atoms with Crippen molar-refractivity contribution >= 4 is 35.0 Å². The Hall–Kier alpha value is -4.35. The van der Waals surface area contributed by atoms with Crippen LogP contribution in [0, 0.1) is 43.9 Å². The third kappa shape index (κ3) is 3.43. The lowest BCUT2D eigenvalue weighted by atomic mass is 9.85. The summed E-state index contributed by atoms with van der Waals surface area (Å²) >= 11 is 0. The molecule has 5 atom stereocenters. The summed E-state index contributed by atoms with van der Waals surface area (Å²) in [4.78, 5) is 61.2. The molecule has 174 valence electrons. The van der Waals surface area contributed by atoms with Gasteiger partial charge < -0.3 is 9.73 Å². The molecular weight excluding hydrogens is 448 g/mol. The standard InChI is InChI=1S/C22H18N4O8/c27-17(23-13-2-1-3-14(9-13)25(30)31)10-15(16-6-7-18(34-16)26(32)33)24-21(28)19-11-4-5-12(8-11)20(19)22(24)29/h1-7,9,11-12,15,19-20H,8,10H2,(H,23,27). The zero-order chi connectivity index (χ0) is 24.1. The van der Waals surface area contributed by atoms with Crippen LogP contribution in [0.1, 0.15) is 24.6 Å². The fourth-order valence-corrected chi connectivity index (χ4v) is 5.26. The number of carbonyl (C=O) groups is 3. The van der Waals surface area contributed by atoms with Crippen LogP contribution in [-0.2, 0) is 14.4 Å². The SMILES string of the molecule is O=C(CC(c1ccc([N+](=O)[O-])o1)N1C(=O)C2C3C=CC(C3)C2C1=O)Nc1cccc([N+](=O)[O-])c1. The number of nitro benzene ring substituents is 1. The van der Waals surface area contributed by atoms with Gasteiger partial charge in [-0.25, -0.2) is 0 Å². The van der Waals surface area contributed by atoms with Crippen molar-refractivity contribution in [3.63, 3.8) is 0 Å². The van der Waals surface area contributed by atoms with Crippen molar-refractivity contribution < 1.29 is 28.6 Å². The van der Waals surface area contributed by atoms with Gasteiger partial charge in [-0.05, 0) is 30.4 Å². The minimum Gasteiger partial charge on any atom is -0.404 e. The van der Waals surface area contributed by atoms with E-state index < -0.39 is 57.8 Å². The number of carbonyl (C=O) groups excluding carboxylic acids is 3. The third-order valence-electron chi connectivity index (χ3n) is 6.66. The molecule has 2 heterocycles. The molecule has 1 N–H and O–H groups in total. The maximum absolute atomic E-state index is 13.3. The summed E-state index contributed by atoms with van der Waals surface area (Å²) in [6.45, 7) is 0. The molecule has 3 aliphatic rings. The zero-order valence-electron chi connectivity index (χ0n) is 17.5. The Balaban J connectivity index is 1.43. The lowest BCUT2D eigenvalue weighted by Crippen LogP contribution is -2.38. The Kier molecular flexibility index (Phi) is 5.00. The van der Waals surface area contributed by atoms with Crippen molar-refractivity contribution in [3.8, 4) is 0 Å². The fraction of sp³-hybridized carbons (Fsp3) is 0.318.